The van der Waals surface area contributed by atoms with Crippen LogP contribution in [0.3, 0.4) is 0 Å². The SMILES string of the molecule is CC(C)c1n[nH]c([C@@H]2CN(Cc3ccc4ccccc4n3)CCO2)n1. The molecule has 6 heteroatoms. The molecular formula is C19H23N5O. The number of hydrogen-bond acceptors (Lipinski definition) is 5. The topological polar surface area (TPSA) is 66.9 Å². The molecule has 25 heavy (non-hydrogen) atoms. The van der Waals surface area contributed by atoms with Gasteiger partial charge in [-0.05, 0) is 12.1 Å². The average molecular weight is 337 g/mol. The van der Waals surface area contributed by atoms with E-state index in [1.165, 1.54) is 5.39 Å². The maximum atomic E-state index is 5.90. The summed E-state index contributed by atoms with van der Waals surface area (Å²) in [6.07, 6.45) is -0.0609. The van der Waals surface area contributed by atoms with Crippen LogP contribution in [0.25, 0.3) is 10.9 Å². The van der Waals surface area contributed by atoms with Crippen LogP contribution in [0.5, 0.6) is 0 Å². The number of hydrogen-bond donors (Lipinski definition) is 1. The van der Waals surface area contributed by atoms with Gasteiger partial charge in [-0.3, -0.25) is 15.0 Å². The van der Waals surface area contributed by atoms with E-state index in [0.717, 1.165) is 42.5 Å². The minimum atomic E-state index is -0.0609. The highest BCUT2D eigenvalue weighted by molar-refractivity contribution is 5.78. The van der Waals surface area contributed by atoms with Crippen LogP contribution in [0.15, 0.2) is 36.4 Å². The lowest BCUT2D eigenvalue weighted by atomic mass is 10.2. The highest BCUT2D eigenvalue weighted by Gasteiger charge is 2.25. The summed E-state index contributed by atoms with van der Waals surface area (Å²) in [6, 6.07) is 12.5. The van der Waals surface area contributed by atoms with Crippen LogP contribution in [0.4, 0.5) is 0 Å². The van der Waals surface area contributed by atoms with Gasteiger partial charge in [-0.2, -0.15) is 5.10 Å². The second-order valence-electron chi connectivity index (χ2n) is 6.82. The van der Waals surface area contributed by atoms with Crippen molar-refractivity contribution in [2.45, 2.75) is 32.4 Å². The molecule has 4 rings (SSSR count). The number of nitrogens with one attached hydrogen (secondary N) is 1. The van der Waals surface area contributed by atoms with Gasteiger partial charge in [0.2, 0.25) is 0 Å². The van der Waals surface area contributed by atoms with Crippen LogP contribution in [0, 0.1) is 0 Å². The van der Waals surface area contributed by atoms with Gasteiger partial charge in [0.05, 0.1) is 17.8 Å². The molecule has 1 N–H and O–H groups in total. The highest BCUT2D eigenvalue weighted by Crippen LogP contribution is 2.22. The van der Waals surface area contributed by atoms with Crippen molar-refractivity contribution >= 4 is 10.9 Å². The van der Waals surface area contributed by atoms with Crippen molar-refractivity contribution in [2.24, 2.45) is 0 Å². The molecule has 0 unspecified atom stereocenters. The molecule has 2 aromatic heterocycles. The number of aromatic nitrogens is 4. The number of aromatic amines is 1. The number of nitrogens with zero attached hydrogens (tertiary/aromatic N) is 4. The van der Waals surface area contributed by atoms with Crippen LogP contribution in [0.2, 0.25) is 0 Å². The van der Waals surface area contributed by atoms with E-state index in [0.29, 0.717) is 12.5 Å². The number of H-pyrrole nitrogens is 1. The first-order valence-electron chi connectivity index (χ1n) is 8.80. The fourth-order valence-electron chi connectivity index (χ4n) is 3.13. The number of rotatable bonds is 4. The third kappa shape index (κ3) is 3.55. The number of morpholine rings is 1. The van der Waals surface area contributed by atoms with Gasteiger partial charge in [-0.25, -0.2) is 4.98 Å². The van der Waals surface area contributed by atoms with E-state index in [4.69, 9.17) is 9.72 Å². The summed E-state index contributed by atoms with van der Waals surface area (Å²) in [5, 5.41) is 8.50. The van der Waals surface area contributed by atoms with Gasteiger partial charge < -0.3 is 4.74 Å². The maximum absolute atomic E-state index is 5.90. The number of benzene rings is 1. The highest BCUT2D eigenvalue weighted by atomic mass is 16.5. The number of pyridine rings is 1. The first kappa shape index (κ1) is 16.2. The zero-order chi connectivity index (χ0) is 17.2. The standard InChI is InChI=1S/C19H23N5O/c1-13(2)18-21-19(23-22-18)17-12-24(9-10-25-17)11-15-8-7-14-5-3-4-6-16(14)20-15/h3-8,13,17H,9-12H2,1-2H3,(H,21,22,23)/t17-/m0/s1. The van der Waals surface area contributed by atoms with Gasteiger partial charge in [-0.15, -0.1) is 0 Å². The molecule has 1 aliphatic rings. The van der Waals surface area contributed by atoms with Gasteiger partial charge in [-0.1, -0.05) is 38.1 Å². The molecule has 3 aromatic rings. The van der Waals surface area contributed by atoms with Crippen LogP contribution >= 0.6 is 0 Å². The van der Waals surface area contributed by atoms with E-state index in [9.17, 15) is 0 Å². The quantitative estimate of drug-likeness (QED) is 0.792. The predicted octanol–water partition coefficient (Wildman–Crippen LogP) is 3.05. The largest absolute Gasteiger partial charge is 0.368 e. The Morgan fingerprint density at radius 3 is 2.92 bits per heavy atom. The molecular weight excluding hydrogens is 314 g/mol. The van der Waals surface area contributed by atoms with E-state index in [-0.39, 0.29) is 6.10 Å². The third-order valence-electron chi connectivity index (χ3n) is 4.53. The van der Waals surface area contributed by atoms with Gasteiger partial charge in [0.1, 0.15) is 6.10 Å². The molecule has 1 saturated heterocycles. The lowest BCUT2D eigenvalue weighted by Gasteiger charge is -2.31. The first-order chi connectivity index (χ1) is 12.2. The molecule has 0 amide bonds. The Morgan fingerprint density at radius 1 is 1.20 bits per heavy atom. The van der Waals surface area contributed by atoms with Gasteiger partial charge in [0.25, 0.3) is 0 Å². The first-order valence-corrected chi connectivity index (χ1v) is 8.80. The third-order valence-corrected chi connectivity index (χ3v) is 4.53. The second-order valence-corrected chi connectivity index (χ2v) is 6.82. The zero-order valence-corrected chi connectivity index (χ0v) is 14.6. The van der Waals surface area contributed by atoms with Crippen LogP contribution in [-0.4, -0.2) is 44.8 Å². The lowest BCUT2D eigenvalue weighted by Crippen LogP contribution is -2.38. The Balaban J connectivity index is 1.46. The Bertz CT molecular complexity index is 860. The Labute approximate surface area is 147 Å². The Kier molecular flexibility index (Phi) is 4.46. The predicted molar refractivity (Wildman–Crippen MR) is 96.2 cm³/mol. The molecule has 0 bridgehead atoms. The Hall–Kier alpha value is -2.31. The molecule has 130 valence electrons. The van der Waals surface area contributed by atoms with Crippen molar-refractivity contribution in [2.75, 3.05) is 19.7 Å². The molecule has 0 aliphatic carbocycles. The van der Waals surface area contributed by atoms with E-state index in [1.54, 1.807) is 0 Å². The monoisotopic (exact) mass is 337 g/mol. The summed E-state index contributed by atoms with van der Waals surface area (Å²) < 4.78 is 5.90. The average Bonchev–Trinajstić information content (AvgIpc) is 3.12. The van der Waals surface area contributed by atoms with Gasteiger partial charge in [0.15, 0.2) is 11.6 Å². The van der Waals surface area contributed by atoms with Crippen molar-refractivity contribution in [3.63, 3.8) is 0 Å². The maximum Gasteiger partial charge on any atom is 0.155 e. The van der Waals surface area contributed by atoms with Crippen molar-refractivity contribution in [3.8, 4) is 0 Å². The number of para-hydroxylation sites is 1. The fraction of sp³-hybridized carbons (Fsp3) is 0.421. The van der Waals surface area contributed by atoms with Crippen molar-refractivity contribution < 1.29 is 4.74 Å². The Morgan fingerprint density at radius 2 is 2.08 bits per heavy atom. The normalized spacial score (nSPS) is 18.9. The number of fused-ring (bicyclic) bond motifs is 1. The number of ether oxygens (including phenoxy) is 1. The summed E-state index contributed by atoms with van der Waals surface area (Å²) in [6.45, 7) is 7.38. The van der Waals surface area contributed by atoms with Crippen LogP contribution in [-0.2, 0) is 11.3 Å². The smallest absolute Gasteiger partial charge is 0.155 e. The molecule has 0 radical (unpaired) electrons. The minimum Gasteiger partial charge on any atom is -0.368 e. The molecule has 1 aromatic carbocycles. The van der Waals surface area contributed by atoms with Gasteiger partial charge in [0, 0.05) is 30.9 Å². The van der Waals surface area contributed by atoms with E-state index in [2.05, 4.69) is 58.2 Å². The van der Waals surface area contributed by atoms with Crippen LogP contribution < -0.4 is 0 Å². The zero-order valence-electron chi connectivity index (χ0n) is 14.6. The minimum absolute atomic E-state index is 0.0609. The van der Waals surface area contributed by atoms with E-state index in [1.807, 2.05) is 12.1 Å². The van der Waals surface area contributed by atoms with Crippen molar-refractivity contribution in [1.82, 2.24) is 25.1 Å². The molecule has 6 nitrogen and oxygen atoms in total. The van der Waals surface area contributed by atoms with Crippen LogP contribution in [0.1, 0.15) is 43.2 Å². The summed E-state index contributed by atoms with van der Waals surface area (Å²) in [4.78, 5) is 11.7. The summed E-state index contributed by atoms with van der Waals surface area (Å²) in [7, 11) is 0. The summed E-state index contributed by atoms with van der Waals surface area (Å²) in [5.41, 5.74) is 2.13. The molecule has 0 spiro atoms. The second kappa shape index (κ2) is 6.90. The molecule has 0 saturated carbocycles. The molecule has 1 aliphatic heterocycles. The summed E-state index contributed by atoms with van der Waals surface area (Å²) >= 11 is 0. The fourth-order valence-corrected chi connectivity index (χ4v) is 3.13. The van der Waals surface area contributed by atoms with E-state index < -0.39 is 0 Å². The summed E-state index contributed by atoms with van der Waals surface area (Å²) in [5.74, 6) is 1.97. The lowest BCUT2D eigenvalue weighted by molar-refractivity contribution is -0.0374. The van der Waals surface area contributed by atoms with E-state index >= 15 is 0 Å². The molecule has 1 fully saturated rings. The van der Waals surface area contributed by atoms with Gasteiger partial charge >= 0.3 is 0 Å². The van der Waals surface area contributed by atoms with Crippen molar-refractivity contribution in [1.29, 1.82) is 0 Å². The molecule has 1 atom stereocenters. The van der Waals surface area contributed by atoms with Crippen molar-refractivity contribution in [3.05, 3.63) is 53.7 Å². The molecule has 3 heterocycles.